The Kier molecular flexibility index (Phi) is 5.50. The minimum atomic E-state index is -0.620. The Morgan fingerprint density at radius 1 is 1.72 bits per heavy atom. The average Bonchev–Trinajstić information content (AvgIpc) is 2.73. The highest BCUT2D eigenvalue weighted by molar-refractivity contribution is 7.98. The third-order valence-corrected chi connectivity index (χ3v) is 3.35. The molecule has 0 aliphatic heterocycles. The lowest BCUT2D eigenvalue weighted by Gasteiger charge is -2.19. The number of H-pyrrole nitrogens is 1. The molecule has 0 saturated heterocycles. The largest absolute Gasteiger partial charge is 0.359 e. The van der Waals surface area contributed by atoms with E-state index in [1.54, 1.807) is 25.1 Å². The van der Waals surface area contributed by atoms with Crippen LogP contribution >= 0.6 is 11.8 Å². The van der Waals surface area contributed by atoms with Gasteiger partial charge in [-0.1, -0.05) is 0 Å². The maximum absolute atomic E-state index is 11.1. The van der Waals surface area contributed by atoms with E-state index in [0.29, 0.717) is 12.3 Å². The number of thioether (sulfide) groups is 1. The number of amides is 2. The van der Waals surface area contributed by atoms with Gasteiger partial charge in [-0.2, -0.15) is 11.8 Å². The van der Waals surface area contributed by atoms with Crippen LogP contribution in [0.25, 0.3) is 0 Å². The standard InChI is InChI=1S/C10H18N6OS/c1-7-8(15-6-14-7)5-18-4-3-16(10(12)17)9(11)13-2/h6H,3-5H2,1-2H3,(H2,11,13)(H2,12,17)(H,14,15). The van der Waals surface area contributed by atoms with E-state index in [1.807, 2.05) is 6.92 Å². The average molecular weight is 270 g/mol. The molecule has 1 heterocycles. The van der Waals surface area contributed by atoms with Crippen LogP contribution in [0.15, 0.2) is 6.33 Å². The summed E-state index contributed by atoms with van der Waals surface area (Å²) in [5, 5.41) is 10.1. The summed E-state index contributed by atoms with van der Waals surface area (Å²) < 4.78 is 0. The van der Waals surface area contributed by atoms with Crippen molar-refractivity contribution in [1.29, 1.82) is 5.41 Å². The molecule has 7 nitrogen and oxygen atoms in total. The molecule has 0 saturated carbocycles. The number of guanidine groups is 1. The zero-order chi connectivity index (χ0) is 13.5. The molecule has 0 atom stereocenters. The second-order valence-corrected chi connectivity index (χ2v) is 4.72. The predicted octanol–water partition coefficient (Wildman–Crippen LogP) is 0.486. The molecule has 0 aromatic carbocycles. The van der Waals surface area contributed by atoms with E-state index >= 15 is 0 Å². The molecule has 5 N–H and O–H groups in total. The number of aromatic nitrogens is 2. The highest BCUT2D eigenvalue weighted by Crippen LogP contribution is 2.12. The highest BCUT2D eigenvalue weighted by atomic mass is 32.2. The molecule has 0 unspecified atom stereocenters. The monoisotopic (exact) mass is 270 g/mol. The minimum Gasteiger partial charge on any atom is -0.359 e. The Balaban J connectivity index is 2.34. The topological polar surface area (TPSA) is 111 Å². The number of hydrogen-bond donors (Lipinski definition) is 4. The van der Waals surface area contributed by atoms with E-state index in [2.05, 4.69) is 15.3 Å². The van der Waals surface area contributed by atoms with Crippen molar-refractivity contribution in [2.45, 2.75) is 12.7 Å². The van der Waals surface area contributed by atoms with Gasteiger partial charge in [-0.15, -0.1) is 0 Å². The maximum Gasteiger partial charge on any atom is 0.321 e. The number of primary amides is 1. The maximum atomic E-state index is 11.1. The first kappa shape index (κ1) is 14.4. The molecule has 0 spiro atoms. The Morgan fingerprint density at radius 2 is 2.44 bits per heavy atom. The Hall–Kier alpha value is -1.70. The highest BCUT2D eigenvalue weighted by Gasteiger charge is 2.13. The number of hydrogen-bond acceptors (Lipinski definition) is 4. The molecule has 0 aliphatic carbocycles. The van der Waals surface area contributed by atoms with Crippen LogP contribution < -0.4 is 11.1 Å². The number of imidazole rings is 1. The van der Waals surface area contributed by atoms with Gasteiger partial charge in [0.15, 0.2) is 5.96 Å². The number of nitrogens with two attached hydrogens (primary N) is 1. The van der Waals surface area contributed by atoms with Gasteiger partial charge in [-0.3, -0.25) is 10.3 Å². The van der Waals surface area contributed by atoms with Gasteiger partial charge >= 0.3 is 6.03 Å². The van der Waals surface area contributed by atoms with Crippen LogP contribution in [0.2, 0.25) is 0 Å². The fourth-order valence-corrected chi connectivity index (χ4v) is 2.26. The second kappa shape index (κ2) is 6.90. The van der Waals surface area contributed by atoms with E-state index in [9.17, 15) is 4.79 Å². The van der Waals surface area contributed by atoms with Gasteiger partial charge < -0.3 is 16.0 Å². The second-order valence-electron chi connectivity index (χ2n) is 3.62. The molecule has 1 aromatic rings. The van der Waals surface area contributed by atoms with Crippen LogP contribution in [0.5, 0.6) is 0 Å². The molecule has 1 aromatic heterocycles. The number of carbonyl (C=O) groups is 1. The number of aromatic amines is 1. The van der Waals surface area contributed by atoms with E-state index in [1.165, 1.54) is 4.90 Å². The lowest BCUT2D eigenvalue weighted by Crippen LogP contribution is -2.46. The van der Waals surface area contributed by atoms with E-state index < -0.39 is 6.03 Å². The van der Waals surface area contributed by atoms with E-state index in [0.717, 1.165) is 17.1 Å². The van der Waals surface area contributed by atoms with Crippen molar-refractivity contribution < 1.29 is 4.79 Å². The van der Waals surface area contributed by atoms with Crippen molar-refractivity contribution in [2.75, 3.05) is 19.3 Å². The van der Waals surface area contributed by atoms with Crippen molar-refractivity contribution in [3.63, 3.8) is 0 Å². The van der Waals surface area contributed by atoms with Gasteiger partial charge in [0.05, 0.1) is 12.0 Å². The Bertz CT molecular complexity index is 418. The summed E-state index contributed by atoms with van der Waals surface area (Å²) in [4.78, 5) is 19.5. The molecule has 0 bridgehead atoms. The van der Waals surface area contributed by atoms with Crippen molar-refractivity contribution in [3.05, 3.63) is 17.7 Å². The van der Waals surface area contributed by atoms with Crippen LogP contribution in [0.1, 0.15) is 11.4 Å². The first-order chi connectivity index (χ1) is 8.56. The molecule has 0 aliphatic rings. The zero-order valence-corrected chi connectivity index (χ0v) is 11.3. The van der Waals surface area contributed by atoms with Crippen LogP contribution in [0.4, 0.5) is 4.79 Å². The van der Waals surface area contributed by atoms with Crippen LogP contribution in [0.3, 0.4) is 0 Å². The molecule has 0 fully saturated rings. The van der Waals surface area contributed by atoms with Gasteiger partial charge in [0.25, 0.3) is 0 Å². The molecule has 2 amide bonds. The van der Waals surface area contributed by atoms with Crippen molar-refractivity contribution in [3.8, 4) is 0 Å². The van der Waals surface area contributed by atoms with E-state index in [4.69, 9.17) is 11.1 Å². The van der Waals surface area contributed by atoms with Crippen molar-refractivity contribution >= 4 is 23.8 Å². The van der Waals surface area contributed by atoms with Gasteiger partial charge in [-0.25, -0.2) is 9.78 Å². The number of nitrogens with zero attached hydrogens (tertiary/aromatic N) is 2. The summed E-state index contributed by atoms with van der Waals surface area (Å²) in [5.74, 6) is 1.48. The first-order valence-electron chi connectivity index (χ1n) is 5.46. The number of urea groups is 1. The lowest BCUT2D eigenvalue weighted by atomic mass is 10.4. The fourth-order valence-electron chi connectivity index (χ4n) is 1.32. The van der Waals surface area contributed by atoms with Gasteiger partial charge in [0.2, 0.25) is 0 Å². The summed E-state index contributed by atoms with van der Waals surface area (Å²) in [6.45, 7) is 2.37. The van der Waals surface area contributed by atoms with Crippen LogP contribution in [-0.4, -0.2) is 46.2 Å². The first-order valence-corrected chi connectivity index (χ1v) is 6.61. The minimum absolute atomic E-state index is 0.0130. The Morgan fingerprint density at radius 3 is 2.94 bits per heavy atom. The third kappa shape index (κ3) is 3.95. The Labute approximate surface area is 110 Å². The fraction of sp³-hybridized carbons (Fsp3) is 0.500. The van der Waals surface area contributed by atoms with E-state index in [-0.39, 0.29) is 5.96 Å². The summed E-state index contributed by atoms with van der Waals surface area (Å²) in [5.41, 5.74) is 7.26. The number of carbonyl (C=O) groups excluding carboxylic acids is 1. The molecule has 0 radical (unpaired) electrons. The van der Waals surface area contributed by atoms with Crippen LogP contribution in [0, 0.1) is 12.3 Å². The lowest BCUT2D eigenvalue weighted by molar-refractivity contribution is 0.230. The van der Waals surface area contributed by atoms with Gasteiger partial charge in [-0.05, 0) is 6.92 Å². The summed E-state index contributed by atoms with van der Waals surface area (Å²) in [6.07, 6.45) is 1.66. The smallest absolute Gasteiger partial charge is 0.321 e. The molecular weight excluding hydrogens is 252 g/mol. The summed E-state index contributed by atoms with van der Waals surface area (Å²) in [7, 11) is 1.58. The quantitative estimate of drug-likeness (QED) is 0.354. The van der Waals surface area contributed by atoms with Gasteiger partial charge in [0, 0.05) is 30.8 Å². The SMILES string of the molecule is CNC(=N)N(CCSCc1nc[nH]c1C)C(N)=O. The molecule has 18 heavy (non-hydrogen) atoms. The molecular formula is C10H18N6OS. The third-order valence-electron chi connectivity index (χ3n) is 2.41. The summed E-state index contributed by atoms with van der Waals surface area (Å²) >= 11 is 1.64. The summed E-state index contributed by atoms with van der Waals surface area (Å²) in [6, 6.07) is -0.620. The van der Waals surface area contributed by atoms with Crippen molar-refractivity contribution in [1.82, 2.24) is 20.2 Å². The molecule has 1 rings (SSSR count). The number of nitrogens with one attached hydrogen (secondary N) is 3. The molecule has 8 heteroatoms. The zero-order valence-electron chi connectivity index (χ0n) is 10.5. The number of aryl methyl sites for hydroxylation is 1. The molecule has 100 valence electrons. The predicted molar refractivity (Wildman–Crippen MR) is 72.6 cm³/mol. The van der Waals surface area contributed by atoms with Crippen molar-refractivity contribution in [2.24, 2.45) is 5.73 Å². The number of rotatable bonds is 5. The van der Waals surface area contributed by atoms with Crippen LogP contribution in [-0.2, 0) is 5.75 Å². The van der Waals surface area contributed by atoms with Gasteiger partial charge in [0.1, 0.15) is 0 Å². The normalized spacial score (nSPS) is 10.1.